The van der Waals surface area contributed by atoms with Crippen LogP contribution in [0.2, 0.25) is 0 Å². The highest BCUT2D eigenvalue weighted by Crippen LogP contribution is 2.15. The molecule has 2 aromatic rings. The molecule has 1 aromatic carbocycles. The molecule has 0 unspecified atom stereocenters. The van der Waals surface area contributed by atoms with Crippen LogP contribution in [0.25, 0.3) is 5.69 Å². The first-order valence-electron chi connectivity index (χ1n) is 6.35. The molecule has 6 nitrogen and oxygen atoms in total. The Morgan fingerprint density at radius 2 is 2.10 bits per heavy atom. The van der Waals surface area contributed by atoms with Crippen molar-refractivity contribution in [3.63, 3.8) is 0 Å². The van der Waals surface area contributed by atoms with Crippen molar-refractivity contribution in [2.24, 2.45) is 0 Å². The zero-order valence-corrected chi connectivity index (χ0v) is 11.7. The summed E-state index contributed by atoms with van der Waals surface area (Å²) in [5.41, 5.74) is 1.87. The van der Waals surface area contributed by atoms with Crippen LogP contribution in [0.15, 0.2) is 48.2 Å². The van der Waals surface area contributed by atoms with Crippen molar-refractivity contribution in [3.8, 4) is 5.69 Å². The van der Waals surface area contributed by atoms with Gasteiger partial charge < -0.3 is 10.4 Å². The quantitative estimate of drug-likeness (QED) is 0.845. The summed E-state index contributed by atoms with van der Waals surface area (Å²) in [5.74, 6) is -1.26. The summed E-state index contributed by atoms with van der Waals surface area (Å²) >= 11 is 0. The molecule has 2 rings (SSSR count). The summed E-state index contributed by atoms with van der Waals surface area (Å²) in [4.78, 5) is 22.6. The van der Waals surface area contributed by atoms with Gasteiger partial charge in [-0.1, -0.05) is 12.1 Å². The number of amides is 1. The van der Waals surface area contributed by atoms with Crippen LogP contribution in [-0.2, 0) is 4.79 Å². The molecule has 0 saturated carbocycles. The van der Waals surface area contributed by atoms with E-state index in [4.69, 9.17) is 5.11 Å². The first-order valence-corrected chi connectivity index (χ1v) is 6.35. The number of nitrogens with zero attached hydrogens (tertiary/aromatic N) is 2. The fourth-order valence-electron chi connectivity index (χ4n) is 1.67. The van der Waals surface area contributed by atoms with E-state index in [0.29, 0.717) is 16.9 Å². The van der Waals surface area contributed by atoms with Crippen LogP contribution in [-0.4, -0.2) is 26.8 Å². The molecule has 0 aliphatic heterocycles. The number of anilines is 1. The maximum atomic E-state index is 11.8. The lowest BCUT2D eigenvalue weighted by molar-refractivity contribution is -0.112. The zero-order chi connectivity index (χ0) is 15.4. The summed E-state index contributed by atoms with van der Waals surface area (Å²) < 4.78 is 1.45. The molecule has 1 heterocycles. The average molecular weight is 285 g/mol. The van der Waals surface area contributed by atoms with E-state index in [2.05, 4.69) is 10.4 Å². The number of allylic oxidation sites excluding steroid dienone is 1. The molecular weight excluding hydrogens is 270 g/mol. The third-order valence-corrected chi connectivity index (χ3v) is 2.97. The Kier molecular flexibility index (Phi) is 4.18. The summed E-state index contributed by atoms with van der Waals surface area (Å²) in [6, 6.07) is 8.43. The molecule has 0 radical (unpaired) electrons. The number of aromatic carboxylic acids is 1. The van der Waals surface area contributed by atoms with E-state index in [9.17, 15) is 9.59 Å². The molecule has 0 aliphatic rings. The fourth-order valence-corrected chi connectivity index (χ4v) is 1.67. The van der Waals surface area contributed by atoms with Crippen LogP contribution >= 0.6 is 0 Å². The van der Waals surface area contributed by atoms with E-state index in [1.165, 1.54) is 10.7 Å². The van der Waals surface area contributed by atoms with Gasteiger partial charge >= 0.3 is 5.97 Å². The van der Waals surface area contributed by atoms with Gasteiger partial charge in [0.1, 0.15) is 0 Å². The normalized spacial score (nSPS) is 11.2. The standard InChI is InChI=1S/C15H15N3O3/c1-3-10(2)14(19)16-11-5-4-6-12(9-11)18-8-7-13(17-18)15(20)21/h3-9H,1-2H3,(H,16,19)(H,20,21)/b10-3-. The number of carbonyl (C=O) groups excluding carboxylic acids is 1. The monoisotopic (exact) mass is 285 g/mol. The number of carboxylic acid groups (broad SMARTS) is 1. The molecule has 2 N–H and O–H groups in total. The van der Waals surface area contributed by atoms with Crippen molar-refractivity contribution >= 4 is 17.6 Å². The Morgan fingerprint density at radius 3 is 2.71 bits per heavy atom. The maximum absolute atomic E-state index is 11.8. The van der Waals surface area contributed by atoms with Gasteiger partial charge in [-0.3, -0.25) is 4.79 Å². The molecule has 0 spiro atoms. The highest BCUT2D eigenvalue weighted by molar-refractivity contribution is 6.03. The van der Waals surface area contributed by atoms with Crippen molar-refractivity contribution in [3.05, 3.63) is 53.9 Å². The van der Waals surface area contributed by atoms with Crippen LogP contribution in [0.4, 0.5) is 5.69 Å². The highest BCUT2D eigenvalue weighted by atomic mass is 16.4. The van der Waals surface area contributed by atoms with E-state index in [1.54, 1.807) is 50.4 Å². The van der Waals surface area contributed by atoms with Gasteiger partial charge in [-0.15, -0.1) is 0 Å². The number of hydrogen-bond donors (Lipinski definition) is 2. The van der Waals surface area contributed by atoms with Crippen LogP contribution in [0.5, 0.6) is 0 Å². The number of benzene rings is 1. The van der Waals surface area contributed by atoms with E-state index in [-0.39, 0.29) is 11.6 Å². The maximum Gasteiger partial charge on any atom is 0.356 e. The SMILES string of the molecule is C/C=C(/C)C(=O)Nc1cccc(-n2ccc(C(=O)O)n2)c1. The van der Waals surface area contributed by atoms with Gasteiger partial charge in [-0.25, -0.2) is 9.48 Å². The van der Waals surface area contributed by atoms with Crippen LogP contribution in [0.3, 0.4) is 0 Å². The number of nitrogens with one attached hydrogen (secondary N) is 1. The molecule has 1 amide bonds. The van der Waals surface area contributed by atoms with Crippen LogP contribution in [0, 0.1) is 0 Å². The van der Waals surface area contributed by atoms with E-state index < -0.39 is 5.97 Å². The molecule has 0 fully saturated rings. The van der Waals surface area contributed by atoms with E-state index >= 15 is 0 Å². The lowest BCUT2D eigenvalue weighted by atomic mass is 10.2. The smallest absolute Gasteiger partial charge is 0.356 e. The second-order valence-electron chi connectivity index (χ2n) is 4.43. The van der Waals surface area contributed by atoms with Gasteiger partial charge in [-0.05, 0) is 38.1 Å². The minimum Gasteiger partial charge on any atom is -0.476 e. The number of hydrogen-bond acceptors (Lipinski definition) is 3. The summed E-state index contributed by atoms with van der Waals surface area (Å²) in [5, 5.41) is 15.6. The number of aromatic nitrogens is 2. The van der Waals surface area contributed by atoms with Gasteiger partial charge in [0.2, 0.25) is 0 Å². The predicted octanol–water partition coefficient (Wildman–Crippen LogP) is 2.48. The lowest BCUT2D eigenvalue weighted by Gasteiger charge is -2.07. The van der Waals surface area contributed by atoms with E-state index in [1.807, 2.05) is 0 Å². The first-order chi connectivity index (χ1) is 10.0. The van der Waals surface area contributed by atoms with Gasteiger partial charge in [0.05, 0.1) is 5.69 Å². The average Bonchev–Trinajstić information content (AvgIpc) is 2.96. The van der Waals surface area contributed by atoms with Crippen molar-refractivity contribution in [1.82, 2.24) is 9.78 Å². The van der Waals surface area contributed by atoms with Crippen LogP contribution < -0.4 is 5.32 Å². The molecule has 0 bridgehead atoms. The van der Waals surface area contributed by atoms with Gasteiger partial charge in [0.15, 0.2) is 5.69 Å². The molecule has 0 saturated heterocycles. The molecule has 21 heavy (non-hydrogen) atoms. The zero-order valence-electron chi connectivity index (χ0n) is 11.7. The largest absolute Gasteiger partial charge is 0.476 e. The molecule has 0 atom stereocenters. The molecular formula is C15H15N3O3. The number of carbonyl (C=O) groups is 2. The molecule has 0 aliphatic carbocycles. The van der Waals surface area contributed by atoms with E-state index in [0.717, 1.165) is 0 Å². The van der Waals surface area contributed by atoms with Crippen molar-refractivity contribution in [2.75, 3.05) is 5.32 Å². The number of rotatable bonds is 4. The number of carboxylic acids is 1. The van der Waals surface area contributed by atoms with Gasteiger partial charge in [0, 0.05) is 17.5 Å². The van der Waals surface area contributed by atoms with Crippen molar-refractivity contribution in [1.29, 1.82) is 0 Å². The second kappa shape index (κ2) is 6.04. The summed E-state index contributed by atoms with van der Waals surface area (Å²) in [6.45, 7) is 3.52. The third kappa shape index (κ3) is 3.36. The minimum absolute atomic E-state index is 0.0331. The van der Waals surface area contributed by atoms with Crippen molar-refractivity contribution in [2.45, 2.75) is 13.8 Å². The highest BCUT2D eigenvalue weighted by Gasteiger charge is 2.09. The summed E-state index contributed by atoms with van der Waals surface area (Å²) in [6.07, 6.45) is 3.29. The third-order valence-electron chi connectivity index (χ3n) is 2.97. The second-order valence-corrected chi connectivity index (χ2v) is 4.43. The topological polar surface area (TPSA) is 84.2 Å². The summed E-state index contributed by atoms with van der Waals surface area (Å²) in [7, 11) is 0. The molecule has 6 heteroatoms. The Balaban J connectivity index is 2.24. The molecule has 108 valence electrons. The lowest BCUT2D eigenvalue weighted by Crippen LogP contribution is -2.12. The van der Waals surface area contributed by atoms with Crippen molar-refractivity contribution < 1.29 is 14.7 Å². The Hall–Kier alpha value is -2.89. The Labute approximate surface area is 121 Å². The first kappa shape index (κ1) is 14.5. The molecule has 1 aromatic heterocycles. The van der Waals surface area contributed by atoms with Crippen LogP contribution in [0.1, 0.15) is 24.3 Å². The van der Waals surface area contributed by atoms with Gasteiger partial charge in [0.25, 0.3) is 5.91 Å². The minimum atomic E-state index is -1.08. The Bertz CT molecular complexity index is 716. The van der Waals surface area contributed by atoms with Gasteiger partial charge in [-0.2, -0.15) is 5.10 Å². The predicted molar refractivity (Wildman–Crippen MR) is 78.6 cm³/mol. The Morgan fingerprint density at radius 1 is 1.33 bits per heavy atom. The fraction of sp³-hybridized carbons (Fsp3) is 0.133.